The van der Waals surface area contributed by atoms with Gasteiger partial charge in [0.05, 0.1) is 6.61 Å². The van der Waals surface area contributed by atoms with Gasteiger partial charge in [0, 0.05) is 49.5 Å². The zero-order chi connectivity index (χ0) is 17.4. The molecule has 2 amide bonds. The number of fused-ring (bicyclic) bond motifs is 2. The number of likely N-dealkylation sites (tertiary alicyclic amines) is 2. The van der Waals surface area contributed by atoms with Crippen LogP contribution in [0.5, 0.6) is 5.75 Å². The van der Waals surface area contributed by atoms with E-state index in [1.165, 1.54) is 11.6 Å². The molecule has 3 heterocycles. The van der Waals surface area contributed by atoms with Crippen LogP contribution >= 0.6 is 0 Å². The second kappa shape index (κ2) is 6.21. The standard InChI is InChI=1S/C20H24N2O3/c1-2-18(23)22-12-15(13-22)11-19(24)21-9-7-20(8-10-21)14-25-17-6-4-3-5-16(17)20/h2-6,15H,1,7-14H2. The highest BCUT2D eigenvalue weighted by Gasteiger charge is 2.44. The lowest BCUT2D eigenvalue weighted by atomic mass is 9.74. The molecule has 0 saturated carbocycles. The number of amides is 2. The maximum Gasteiger partial charge on any atom is 0.245 e. The first kappa shape index (κ1) is 16.2. The number of carbonyl (C=O) groups is 2. The number of carbonyl (C=O) groups excluding carboxylic acids is 2. The van der Waals surface area contributed by atoms with E-state index in [0.29, 0.717) is 25.4 Å². The third kappa shape index (κ3) is 2.81. The molecule has 0 aliphatic carbocycles. The maximum atomic E-state index is 12.6. The number of hydrogen-bond donors (Lipinski definition) is 0. The van der Waals surface area contributed by atoms with Crippen LogP contribution in [-0.4, -0.2) is 54.4 Å². The van der Waals surface area contributed by atoms with Gasteiger partial charge in [0.15, 0.2) is 0 Å². The van der Waals surface area contributed by atoms with Crippen molar-refractivity contribution in [3.63, 3.8) is 0 Å². The van der Waals surface area contributed by atoms with Crippen LogP contribution in [0.25, 0.3) is 0 Å². The van der Waals surface area contributed by atoms with Gasteiger partial charge in [-0.1, -0.05) is 24.8 Å². The van der Waals surface area contributed by atoms with Crippen LogP contribution in [0.2, 0.25) is 0 Å². The summed E-state index contributed by atoms with van der Waals surface area (Å²) in [6, 6.07) is 8.28. The molecule has 0 unspecified atom stereocenters. The van der Waals surface area contributed by atoms with Crippen molar-refractivity contribution >= 4 is 11.8 Å². The minimum atomic E-state index is -0.0384. The Hall–Kier alpha value is -2.30. The van der Waals surface area contributed by atoms with E-state index in [1.807, 2.05) is 17.0 Å². The Kier molecular flexibility index (Phi) is 4.02. The molecule has 5 nitrogen and oxygen atoms in total. The summed E-state index contributed by atoms with van der Waals surface area (Å²) in [5.74, 6) is 1.48. The molecular formula is C20H24N2O3. The molecule has 25 heavy (non-hydrogen) atoms. The van der Waals surface area contributed by atoms with Gasteiger partial charge in [-0.25, -0.2) is 0 Å². The molecule has 0 atom stereocenters. The molecule has 1 aromatic rings. The molecule has 0 radical (unpaired) electrons. The highest BCUT2D eigenvalue weighted by atomic mass is 16.5. The van der Waals surface area contributed by atoms with Crippen LogP contribution in [-0.2, 0) is 15.0 Å². The van der Waals surface area contributed by atoms with E-state index in [4.69, 9.17) is 4.74 Å². The Labute approximate surface area is 148 Å². The van der Waals surface area contributed by atoms with Gasteiger partial charge in [-0.3, -0.25) is 9.59 Å². The molecule has 132 valence electrons. The summed E-state index contributed by atoms with van der Waals surface area (Å²) in [6.45, 7) is 7.16. The Morgan fingerprint density at radius 2 is 1.92 bits per heavy atom. The van der Waals surface area contributed by atoms with Gasteiger partial charge < -0.3 is 14.5 Å². The Morgan fingerprint density at radius 1 is 1.20 bits per heavy atom. The van der Waals surface area contributed by atoms with Gasteiger partial charge in [-0.05, 0) is 25.0 Å². The number of benzene rings is 1. The van der Waals surface area contributed by atoms with Crippen LogP contribution in [0.1, 0.15) is 24.8 Å². The van der Waals surface area contributed by atoms with Crippen LogP contribution in [0.3, 0.4) is 0 Å². The highest BCUT2D eigenvalue weighted by molar-refractivity contribution is 5.87. The van der Waals surface area contributed by atoms with Crippen LogP contribution in [0.4, 0.5) is 0 Å². The highest BCUT2D eigenvalue weighted by Crippen LogP contribution is 2.45. The Morgan fingerprint density at radius 3 is 2.64 bits per heavy atom. The summed E-state index contributed by atoms with van der Waals surface area (Å²) in [7, 11) is 0. The maximum absolute atomic E-state index is 12.6. The first-order valence-corrected chi connectivity index (χ1v) is 9.03. The van der Waals surface area contributed by atoms with Crippen molar-refractivity contribution in [2.24, 2.45) is 5.92 Å². The molecule has 0 aromatic heterocycles. The molecule has 2 saturated heterocycles. The lowest BCUT2D eigenvalue weighted by Crippen LogP contribution is -2.52. The predicted molar refractivity (Wildman–Crippen MR) is 94.3 cm³/mol. The number of ether oxygens (including phenoxy) is 1. The van der Waals surface area contributed by atoms with Crippen molar-refractivity contribution in [1.29, 1.82) is 0 Å². The second-order valence-electron chi connectivity index (χ2n) is 7.46. The fourth-order valence-corrected chi connectivity index (χ4v) is 4.31. The van der Waals surface area contributed by atoms with E-state index in [1.54, 1.807) is 4.90 Å². The van der Waals surface area contributed by atoms with Crippen molar-refractivity contribution in [2.45, 2.75) is 24.7 Å². The summed E-state index contributed by atoms with van der Waals surface area (Å²) in [5, 5.41) is 0. The fourth-order valence-electron chi connectivity index (χ4n) is 4.31. The lowest BCUT2D eigenvalue weighted by Gasteiger charge is -2.41. The van der Waals surface area contributed by atoms with Crippen molar-refractivity contribution in [2.75, 3.05) is 32.8 Å². The number of rotatable bonds is 3. The van der Waals surface area contributed by atoms with E-state index >= 15 is 0 Å². The van der Waals surface area contributed by atoms with E-state index in [9.17, 15) is 9.59 Å². The fraction of sp³-hybridized carbons (Fsp3) is 0.500. The van der Waals surface area contributed by atoms with Gasteiger partial charge in [-0.2, -0.15) is 0 Å². The van der Waals surface area contributed by atoms with Gasteiger partial charge in [-0.15, -0.1) is 0 Å². The zero-order valence-corrected chi connectivity index (χ0v) is 14.4. The molecule has 0 bridgehead atoms. The summed E-state index contributed by atoms with van der Waals surface area (Å²) < 4.78 is 5.87. The number of hydrogen-bond acceptors (Lipinski definition) is 3. The van der Waals surface area contributed by atoms with Gasteiger partial charge in [0.1, 0.15) is 5.75 Å². The molecule has 4 rings (SSSR count). The quantitative estimate of drug-likeness (QED) is 0.791. The minimum absolute atomic E-state index is 0.0384. The molecule has 1 aromatic carbocycles. The largest absolute Gasteiger partial charge is 0.492 e. The average Bonchev–Trinajstić information content (AvgIpc) is 2.96. The Bertz CT molecular complexity index is 701. The number of nitrogens with zero attached hydrogens (tertiary/aromatic N) is 2. The van der Waals surface area contributed by atoms with E-state index < -0.39 is 0 Å². The molecule has 5 heteroatoms. The predicted octanol–water partition coefficient (Wildman–Crippen LogP) is 1.97. The molecule has 1 spiro atoms. The third-order valence-electron chi connectivity index (χ3n) is 5.94. The van der Waals surface area contributed by atoms with Gasteiger partial charge >= 0.3 is 0 Å². The second-order valence-corrected chi connectivity index (χ2v) is 7.46. The van der Waals surface area contributed by atoms with Crippen molar-refractivity contribution in [1.82, 2.24) is 9.80 Å². The summed E-state index contributed by atoms with van der Waals surface area (Å²) in [4.78, 5) is 27.8. The monoisotopic (exact) mass is 340 g/mol. The van der Waals surface area contributed by atoms with Crippen LogP contribution in [0.15, 0.2) is 36.9 Å². The molecule has 3 aliphatic rings. The topological polar surface area (TPSA) is 49.9 Å². The summed E-state index contributed by atoms with van der Waals surface area (Å²) >= 11 is 0. The minimum Gasteiger partial charge on any atom is -0.492 e. The average molecular weight is 340 g/mol. The molecule has 3 aliphatic heterocycles. The smallest absolute Gasteiger partial charge is 0.245 e. The van der Waals surface area contributed by atoms with Crippen LogP contribution < -0.4 is 4.74 Å². The summed E-state index contributed by atoms with van der Waals surface area (Å²) in [6.07, 6.45) is 3.80. The SMILES string of the molecule is C=CC(=O)N1CC(CC(=O)N2CCC3(CC2)COc2ccccc23)C1. The van der Waals surface area contributed by atoms with Crippen molar-refractivity contribution in [3.05, 3.63) is 42.5 Å². The first-order valence-electron chi connectivity index (χ1n) is 9.03. The zero-order valence-electron chi connectivity index (χ0n) is 14.4. The lowest BCUT2D eigenvalue weighted by molar-refractivity contribution is -0.140. The van der Waals surface area contributed by atoms with E-state index in [0.717, 1.165) is 38.3 Å². The van der Waals surface area contributed by atoms with Gasteiger partial charge in [0.2, 0.25) is 11.8 Å². The summed E-state index contributed by atoms with van der Waals surface area (Å²) in [5.41, 5.74) is 1.39. The molecule has 2 fully saturated rings. The molecular weight excluding hydrogens is 316 g/mol. The van der Waals surface area contributed by atoms with Crippen molar-refractivity contribution in [3.8, 4) is 5.75 Å². The molecule has 0 N–H and O–H groups in total. The van der Waals surface area contributed by atoms with Gasteiger partial charge in [0.25, 0.3) is 0 Å². The van der Waals surface area contributed by atoms with E-state index in [2.05, 4.69) is 18.7 Å². The van der Waals surface area contributed by atoms with Crippen LogP contribution in [0, 0.1) is 5.92 Å². The number of para-hydroxylation sites is 1. The first-order chi connectivity index (χ1) is 12.1. The van der Waals surface area contributed by atoms with Crippen molar-refractivity contribution < 1.29 is 14.3 Å². The Balaban J connectivity index is 1.30. The number of piperidine rings is 1. The third-order valence-corrected chi connectivity index (χ3v) is 5.94. The van der Waals surface area contributed by atoms with E-state index in [-0.39, 0.29) is 17.2 Å². The normalized spacial score (nSPS) is 21.4.